The quantitative estimate of drug-likeness (QED) is 0.919. The first-order valence-electron chi connectivity index (χ1n) is 6.14. The summed E-state index contributed by atoms with van der Waals surface area (Å²) in [6.07, 6.45) is 0. The molecule has 0 bridgehead atoms. The molecule has 0 amide bonds. The lowest BCUT2D eigenvalue weighted by Crippen LogP contribution is -2.17. The van der Waals surface area contributed by atoms with Crippen LogP contribution >= 0.6 is 27.3 Å². The highest BCUT2D eigenvalue weighted by Crippen LogP contribution is 2.29. The third-order valence-electron chi connectivity index (χ3n) is 2.97. The minimum atomic E-state index is 0.0526. The molecule has 0 saturated carbocycles. The fraction of sp³-hybridized carbons (Fsp3) is 0.357. The molecule has 3 nitrogen and oxygen atoms in total. The van der Waals surface area contributed by atoms with Gasteiger partial charge in [0.2, 0.25) is 0 Å². The molecule has 1 heterocycles. The van der Waals surface area contributed by atoms with Crippen LogP contribution in [0.1, 0.15) is 29.2 Å². The molecule has 1 atom stereocenters. The van der Waals surface area contributed by atoms with Gasteiger partial charge in [0.05, 0.1) is 22.9 Å². The van der Waals surface area contributed by atoms with Crippen LogP contribution in [0.3, 0.4) is 0 Å². The van der Waals surface area contributed by atoms with Crippen molar-refractivity contribution in [3.05, 3.63) is 44.3 Å². The molecule has 2 rings (SSSR count). The van der Waals surface area contributed by atoms with E-state index >= 15 is 0 Å². The van der Waals surface area contributed by atoms with E-state index in [1.54, 1.807) is 11.3 Å². The number of benzene rings is 1. The molecule has 0 fully saturated rings. The summed E-state index contributed by atoms with van der Waals surface area (Å²) in [6, 6.07) is 6.31. The Morgan fingerprint density at radius 1 is 1.47 bits per heavy atom. The summed E-state index contributed by atoms with van der Waals surface area (Å²) in [7, 11) is 2.07. The van der Waals surface area contributed by atoms with Crippen LogP contribution in [0.4, 0.5) is 5.69 Å². The van der Waals surface area contributed by atoms with Crippen molar-refractivity contribution in [3.63, 3.8) is 0 Å². The number of anilines is 1. The Kier molecular flexibility index (Phi) is 4.60. The molecule has 19 heavy (non-hydrogen) atoms. The molecule has 0 saturated heterocycles. The molecule has 0 spiro atoms. The number of nitrogens with zero attached hydrogens (tertiary/aromatic N) is 2. The molecule has 1 unspecified atom stereocenters. The lowest BCUT2D eigenvalue weighted by Gasteiger charge is -2.20. The van der Waals surface area contributed by atoms with Gasteiger partial charge in [0.25, 0.3) is 0 Å². The van der Waals surface area contributed by atoms with E-state index in [2.05, 4.69) is 56.4 Å². The van der Waals surface area contributed by atoms with Crippen molar-refractivity contribution in [1.29, 1.82) is 0 Å². The largest absolute Gasteiger partial charge is 0.368 e. The predicted molar refractivity (Wildman–Crippen MR) is 85.7 cm³/mol. The Morgan fingerprint density at radius 3 is 2.74 bits per heavy atom. The first-order chi connectivity index (χ1) is 8.97. The third-order valence-corrected chi connectivity index (χ3v) is 4.43. The highest BCUT2D eigenvalue weighted by atomic mass is 79.9. The fourth-order valence-electron chi connectivity index (χ4n) is 1.92. The Hall–Kier alpha value is -0.910. The predicted octanol–water partition coefficient (Wildman–Crippen LogP) is 3.87. The van der Waals surface area contributed by atoms with E-state index in [0.29, 0.717) is 0 Å². The number of halogens is 1. The monoisotopic (exact) mass is 339 g/mol. The average molecular weight is 340 g/mol. The number of aromatic nitrogens is 1. The zero-order chi connectivity index (χ0) is 14.0. The van der Waals surface area contributed by atoms with Gasteiger partial charge in [-0.15, -0.1) is 11.3 Å². The number of aryl methyl sites for hydroxylation is 1. The Morgan fingerprint density at radius 2 is 2.21 bits per heavy atom. The maximum Gasteiger partial charge on any atom is 0.0898 e. The van der Waals surface area contributed by atoms with E-state index in [-0.39, 0.29) is 6.04 Å². The van der Waals surface area contributed by atoms with E-state index in [1.807, 2.05) is 13.8 Å². The van der Waals surface area contributed by atoms with Gasteiger partial charge in [-0.2, -0.15) is 0 Å². The van der Waals surface area contributed by atoms with Crippen LogP contribution in [0.5, 0.6) is 0 Å². The van der Waals surface area contributed by atoms with Crippen molar-refractivity contribution in [2.75, 3.05) is 11.9 Å². The topological polar surface area (TPSA) is 42.2 Å². The lowest BCUT2D eigenvalue weighted by molar-refractivity contribution is 0.815. The van der Waals surface area contributed by atoms with Gasteiger partial charge in [-0.05, 0) is 47.5 Å². The van der Waals surface area contributed by atoms with Crippen LogP contribution in [-0.2, 0) is 6.54 Å². The lowest BCUT2D eigenvalue weighted by atomic mass is 10.1. The summed E-state index contributed by atoms with van der Waals surface area (Å²) in [6.45, 7) is 4.82. The van der Waals surface area contributed by atoms with Crippen LogP contribution in [0.2, 0.25) is 0 Å². The summed E-state index contributed by atoms with van der Waals surface area (Å²) in [5, 5.41) is 3.21. The Balaban J connectivity index is 2.17. The zero-order valence-electron chi connectivity index (χ0n) is 11.4. The van der Waals surface area contributed by atoms with E-state index in [9.17, 15) is 0 Å². The normalized spacial score (nSPS) is 12.5. The van der Waals surface area contributed by atoms with E-state index in [1.165, 1.54) is 0 Å². The van der Waals surface area contributed by atoms with Crippen LogP contribution in [0.15, 0.2) is 28.1 Å². The standard InChI is InChI=1S/C14H18BrN3S/c1-9(16)11-4-5-14(13(15)6-11)18(3)7-12-8-19-10(2)17-12/h4-6,8-9H,7,16H2,1-3H3. The van der Waals surface area contributed by atoms with Gasteiger partial charge in [-0.25, -0.2) is 4.98 Å². The van der Waals surface area contributed by atoms with Crippen LogP contribution in [-0.4, -0.2) is 12.0 Å². The molecule has 2 N–H and O–H groups in total. The summed E-state index contributed by atoms with van der Waals surface area (Å²) < 4.78 is 1.07. The molecular formula is C14H18BrN3S. The SMILES string of the molecule is Cc1nc(CN(C)c2ccc(C(C)N)cc2Br)cs1. The number of hydrogen-bond acceptors (Lipinski definition) is 4. The highest BCUT2D eigenvalue weighted by molar-refractivity contribution is 9.10. The summed E-state index contributed by atoms with van der Waals surface area (Å²) in [5.74, 6) is 0. The summed E-state index contributed by atoms with van der Waals surface area (Å²) in [4.78, 5) is 6.68. The average Bonchev–Trinajstić information content (AvgIpc) is 2.74. The minimum absolute atomic E-state index is 0.0526. The zero-order valence-corrected chi connectivity index (χ0v) is 13.8. The first kappa shape index (κ1) is 14.5. The van der Waals surface area contributed by atoms with Crippen molar-refractivity contribution >= 4 is 33.0 Å². The molecule has 0 aliphatic carbocycles. The van der Waals surface area contributed by atoms with Gasteiger partial charge in [0.1, 0.15) is 0 Å². The molecule has 5 heteroatoms. The van der Waals surface area contributed by atoms with E-state index in [4.69, 9.17) is 5.73 Å². The molecule has 102 valence electrons. The van der Waals surface area contributed by atoms with E-state index < -0.39 is 0 Å². The van der Waals surface area contributed by atoms with Crippen molar-refractivity contribution in [2.24, 2.45) is 5.73 Å². The van der Waals surface area contributed by atoms with Crippen molar-refractivity contribution in [1.82, 2.24) is 4.98 Å². The second-order valence-electron chi connectivity index (χ2n) is 4.71. The van der Waals surface area contributed by atoms with Gasteiger partial charge in [-0.1, -0.05) is 6.07 Å². The van der Waals surface area contributed by atoms with Gasteiger partial charge in [0, 0.05) is 22.9 Å². The summed E-state index contributed by atoms with van der Waals surface area (Å²) >= 11 is 5.31. The molecule has 0 aliphatic heterocycles. The summed E-state index contributed by atoms with van der Waals surface area (Å²) in [5.41, 5.74) is 9.28. The van der Waals surface area contributed by atoms with Crippen molar-refractivity contribution in [3.8, 4) is 0 Å². The van der Waals surface area contributed by atoms with Gasteiger partial charge in [-0.3, -0.25) is 0 Å². The van der Waals surface area contributed by atoms with Gasteiger partial charge < -0.3 is 10.6 Å². The molecule has 1 aromatic heterocycles. The second kappa shape index (κ2) is 6.03. The maximum absolute atomic E-state index is 5.89. The molecule has 1 aromatic carbocycles. The molecular weight excluding hydrogens is 322 g/mol. The second-order valence-corrected chi connectivity index (χ2v) is 6.63. The number of nitrogens with two attached hydrogens (primary N) is 1. The Bertz CT molecular complexity index is 566. The number of thiazole rings is 1. The van der Waals surface area contributed by atoms with Crippen LogP contribution in [0, 0.1) is 6.92 Å². The third kappa shape index (κ3) is 3.55. The first-order valence-corrected chi connectivity index (χ1v) is 7.82. The minimum Gasteiger partial charge on any atom is -0.368 e. The number of rotatable bonds is 4. The number of hydrogen-bond donors (Lipinski definition) is 1. The van der Waals surface area contributed by atoms with Gasteiger partial charge >= 0.3 is 0 Å². The fourth-order valence-corrected chi connectivity index (χ4v) is 3.23. The smallest absolute Gasteiger partial charge is 0.0898 e. The van der Waals surface area contributed by atoms with Crippen molar-refractivity contribution in [2.45, 2.75) is 26.4 Å². The molecule has 0 aliphatic rings. The van der Waals surface area contributed by atoms with E-state index in [0.717, 1.165) is 33.0 Å². The van der Waals surface area contributed by atoms with Crippen LogP contribution < -0.4 is 10.6 Å². The molecule has 0 radical (unpaired) electrons. The molecule has 2 aromatic rings. The van der Waals surface area contributed by atoms with Crippen molar-refractivity contribution < 1.29 is 0 Å². The Labute approximate surface area is 126 Å². The highest BCUT2D eigenvalue weighted by Gasteiger charge is 2.10. The maximum atomic E-state index is 5.89. The van der Waals surface area contributed by atoms with Crippen LogP contribution in [0.25, 0.3) is 0 Å². The van der Waals surface area contributed by atoms with Gasteiger partial charge in [0.15, 0.2) is 0 Å².